The van der Waals surface area contributed by atoms with Crippen molar-refractivity contribution in [2.75, 3.05) is 26.8 Å². The maximum atomic E-state index is 12.9. The van der Waals surface area contributed by atoms with Crippen LogP contribution in [0.1, 0.15) is 11.6 Å². The smallest absolute Gasteiger partial charge is 0.226 e. The highest BCUT2D eigenvalue weighted by atomic mass is 19.1. The van der Waals surface area contributed by atoms with E-state index in [0.717, 1.165) is 5.56 Å². The molecule has 0 aromatic heterocycles. The van der Waals surface area contributed by atoms with Gasteiger partial charge in [0.1, 0.15) is 5.82 Å². The Balaban J connectivity index is 2.00. The van der Waals surface area contributed by atoms with Crippen molar-refractivity contribution in [2.45, 2.75) is 6.04 Å². The predicted octanol–water partition coefficient (Wildman–Crippen LogP) is 0.353. The lowest BCUT2D eigenvalue weighted by Gasteiger charge is -2.18. The van der Waals surface area contributed by atoms with Crippen molar-refractivity contribution in [3.8, 4) is 0 Å². The molecule has 1 fully saturated rings. The lowest BCUT2D eigenvalue weighted by Crippen LogP contribution is -2.36. The molecule has 2 unspecified atom stereocenters. The fraction of sp³-hybridized carbons (Fsp3) is 0.462. The van der Waals surface area contributed by atoms with Crippen LogP contribution >= 0.6 is 0 Å². The first kappa shape index (κ1) is 13.9. The van der Waals surface area contributed by atoms with Gasteiger partial charge in [-0.2, -0.15) is 0 Å². The monoisotopic (exact) mass is 267 g/mol. The minimum atomic E-state index is -0.282. The van der Waals surface area contributed by atoms with E-state index in [2.05, 4.69) is 16.2 Å². The van der Waals surface area contributed by atoms with Crippen LogP contribution in [0.5, 0.6) is 0 Å². The van der Waals surface area contributed by atoms with Crippen molar-refractivity contribution in [2.24, 2.45) is 5.92 Å². The first-order valence-corrected chi connectivity index (χ1v) is 6.23. The molecule has 1 aromatic rings. The lowest BCUT2D eigenvalue weighted by molar-refractivity contribution is -0.125. The summed E-state index contributed by atoms with van der Waals surface area (Å²) in [7, 11) is 1.59. The van der Waals surface area contributed by atoms with Gasteiger partial charge < -0.3 is 10.1 Å². The Morgan fingerprint density at radius 1 is 1.47 bits per heavy atom. The molecule has 6 heteroatoms. The van der Waals surface area contributed by atoms with Crippen LogP contribution in [0.3, 0.4) is 0 Å². The highest BCUT2D eigenvalue weighted by molar-refractivity contribution is 5.80. The molecule has 19 heavy (non-hydrogen) atoms. The summed E-state index contributed by atoms with van der Waals surface area (Å²) in [6.45, 7) is 1.52. The number of nitrogens with one attached hydrogen (secondary N) is 3. The number of amides is 1. The first-order chi connectivity index (χ1) is 9.22. The summed E-state index contributed by atoms with van der Waals surface area (Å²) >= 11 is 0. The van der Waals surface area contributed by atoms with Gasteiger partial charge in [-0.05, 0) is 17.7 Å². The first-order valence-electron chi connectivity index (χ1n) is 6.23. The van der Waals surface area contributed by atoms with Gasteiger partial charge in [0.25, 0.3) is 0 Å². The summed E-state index contributed by atoms with van der Waals surface area (Å²) in [5, 5.41) is 2.82. The van der Waals surface area contributed by atoms with Gasteiger partial charge in [-0.15, -0.1) is 0 Å². The highest BCUT2D eigenvalue weighted by Crippen LogP contribution is 2.25. The Bertz CT molecular complexity index is 424. The standard InChI is InChI=1S/C13H18FN3O2/c1-19-7-6-15-13(18)11-8-16-17-12(11)9-2-4-10(14)5-3-9/h2-5,11-12,16-17H,6-8H2,1H3,(H,15,18). The van der Waals surface area contributed by atoms with E-state index < -0.39 is 0 Å². The van der Waals surface area contributed by atoms with Crippen molar-refractivity contribution in [1.29, 1.82) is 0 Å². The largest absolute Gasteiger partial charge is 0.383 e. The van der Waals surface area contributed by atoms with E-state index >= 15 is 0 Å². The predicted molar refractivity (Wildman–Crippen MR) is 68.7 cm³/mol. The zero-order valence-electron chi connectivity index (χ0n) is 10.8. The lowest BCUT2D eigenvalue weighted by atomic mass is 9.94. The van der Waals surface area contributed by atoms with Gasteiger partial charge in [0, 0.05) is 20.2 Å². The van der Waals surface area contributed by atoms with Gasteiger partial charge in [-0.1, -0.05) is 12.1 Å². The number of carbonyl (C=O) groups is 1. The summed E-state index contributed by atoms with van der Waals surface area (Å²) < 4.78 is 17.8. The molecule has 0 bridgehead atoms. The van der Waals surface area contributed by atoms with E-state index in [-0.39, 0.29) is 23.7 Å². The molecule has 0 spiro atoms. The van der Waals surface area contributed by atoms with E-state index in [0.29, 0.717) is 19.7 Å². The quantitative estimate of drug-likeness (QED) is 0.674. The van der Waals surface area contributed by atoms with Gasteiger partial charge in [0.15, 0.2) is 0 Å². The molecule has 1 aliphatic heterocycles. The molecular formula is C13H18FN3O2. The summed E-state index contributed by atoms with van der Waals surface area (Å²) in [6, 6.07) is 6.03. The Morgan fingerprint density at radius 3 is 2.89 bits per heavy atom. The normalized spacial score (nSPS) is 22.4. The maximum absolute atomic E-state index is 12.9. The topological polar surface area (TPSA) is 62.4 Å². The molecule has 104 valence electrons. The number of ether oxygens (including phenoxy) is 1. The van der Waals surface area contributed by atoms with Crippen molar-refractivity contribution >= 4 is 5.91 Å². The number of hydrogen-bond donors (Lipinski definition) is 3. The molecule has 1 heterocycles. The van der Waals surface area contributed by atoms with Crippen LogP contribution in [0, 0.1) is 11.7 Å². The van der Waals surface area contributed by atoms with Gasteiger partial charge >= 0.3 is 0 Å². The minimum Gasteiger partial charge on any atom is -0.383 e. The minimum absolute atomic E-state index is 0.0381. The number of hydrazine groups is 1. The molecule has 1 amide bonds. The Morgan fingerprint density at radius 2 is 2.21 bits per heavy atom. The van der Waals surface area contributed by atoms with Crippen molar-refractivity contribution < 1.29 is 13.9 Å². The number of halogens is 1. The molecular weight excluding hydrogens is 249 g/mol. The number of carbonyl (C=O) groups excluding carboxylic acids is 1. The Labute approximate surface area is 111 Å². The van der Waals surface area contributed by atoms with Gasteiger partial charge in [-0.3, -0.25) is 10.2 Å². The van der Waals surface area contributed by atoms with Gasteiger partial charge in [0.2, 0.25) is 5.91 Å². The molecule has 3 N–H and O–H groups in total. The number of rotatable bonds is 5. The SMILES string of the molecule is COCCNC(=O)C1CNNC1c1ccc(F)cc1. The van der Waals surface area contributed by atoms with E-state index in [9.17, 15) is 9.18 Å². The maximum Gasteiger partial charge on any atom is 0.226 e. The fourth-order valence-electron chi connectivity index (χ4n) is 2.13. The van der Waals surface area contributed by atoms with E-state index in [4.69, 9.17) is 4.74 Å². The molecule has 5 nitrogen and oxygen atoms in total. The summed E-state index contributed by atoms with van der Waals surface area (Å²) in [5.41, 5.74) is 6.91. The summed E-state index contributed by atoms with van der Waals surface area (Å²) in [4.78, 5) is 12.1. The second-order valence-electron chi connectivity index (χ2n) is 4.44. The van der Waals surface area contributed by atoms with Gasteiger partial charge in [-0.25, -0.2) is 9.82 Å². The average Bonchev–Trinajstić information content (AvgIpc) is 2.89. The van der Waals surface area contributed by atoms with Crippen LogP contribution in [0.2, 0.25) is 0 Å². The Kier molecular flexibility index (Phi) is 4.84. The molecule has 2 rings (SSSR count). The van der Waals surface area contributed by atoms with E-state index in [1.54, 1.807) is 19.2 Å². The summed E-state index contributed by atoms with van der Waals surface area (Å²) in [5.74, 6) is -0.540. The number of methoxy groups -OCH3 is 1. The van der Waals surface area contributed by atoms with Crippen molar-refractivity contribution in [3.63, 3.8) is 0 Å². The third kappa shape index (κ3) is 3.50. The third-order valence-electron chi connectivity index (χ3n) is 3.15. The zero-order chi connectivity index (χ0) is 13.7. The van der Waals surface area contributed by atoms with E-state index in [1.807, 2.05) is 0 Å². The highest BCUT2D eigenvalue weighted by Gasteiger charge is 2.33. The van der Waals surface area contributed by atoms with Crippen LogP contribution in [-0.4, -0.2) is 32.7 Å². The molecule has 1 aliphatic rings. The van der Waals surface area contributed by atoms with Crippen LogP contribution in [-0.2, 0) is 9.53 Å². The molecule has 0 saturated carbocycles. The van der Waals surface area contributed by atoms with Gasteiger partial charge in [0.05, 0.1) is 18.6 Å². The third-order valence-corrected chi connectivity index (χ3v) is 3.15. The fourth-order valence-corrected chi connectivity index (χ4v) is 2.13. The second kappa shape index (κ2) is 6.60. The molecule has 2 atom stereocenters. The average molecular weight is 267 g/mol. The molecule has 0 aliphatic carbocycles. The molecule has 1 saturated heterocycles. The molecule has 1 aromatic carbocycles. The van der Waals surface area contributed by atoms with Crippen molar-refractivity contribution in [1.82, 2.24) is 16.2 Å². The van der Waals surface area contributed by atoms with Crippen LogP contribution in [0.15, 0.2) is 24.3 Å². The number of benzene rings is 1. The molecule has 0 radical (unpaired) electrons. The van der Waals surface area contributed by atoms with Crippen molar-refractivity contribution in [3.05, 3.63) is 35.6 Å². The van der Waals surface area contributed by atoms with E-state index in [1.165, 1.54) is 12.1 Å². The van der Waals surface area contributed by atoms with Crippen LogP contribution in [0.25, 0.3) is 0 Å². The Hall–Kier alpha value is -1.50. The summed E-state index contributed by atoms with van der Waals surface area (Å²) in [6.07, 6.45) is 0. The van der Waals surface area contributed by atoms with Crippen LogP contribution < -0.4 is 16.2 Å². The number of hydrogen-bond acceptors (Lipinski definition) is 4. The second-order valence-corrected chi connectivity index (χ2v) is 4.44. The van der Waals surface area contributed by atoms with Crippen LogP contribution in [0.4, 0.5) is 4.39 Å². The zero-order valence-corrected chi connectivity index (χ0v) is 10.8.